The summed E-state index contributed by atoms with van der Waals surface area (Å²) < 4.78 is 26.6. The fourth-order valence-corrected chi connectivity index (χ4v) is 4.36. The van der Waals surface area contributed by atoms with E-state index in [2.05, 4.69) is 17.0 Å². The first-order valence-electron chi connectivity index (χ1n) is 8.54. The van der Waals surface area contributed by atoms with Crippen LogP contribution in [0.2, 0.25) is 0 Å². The zero-order valence-electron chi connectivity index (χ0n) is 15.3. The van der Waals surface area contributed by atoms with Gasteiger partial charge in [0.25, 0.3) is 0 Å². The van der Waals surface area contributed by atoms with Gasteiger partial charge in [0.2, 0.25) is 10.0 Å². The molecule has 0 aliphatic carbocycles. The van der Waals surface area contributed by atoms with E-state index >= 15 is 0 Å². The largest absolute Gasteiger partial charge is 0.478 e. The molecular weight excluding hydrogens is 364 g/mol. The third-order valence-corrected chi connectivity index (χ3v) is 6.27. The van der Waals surface area contributed by atoms with Crippen LogP contribution < -0.4 is 0 Å². The van der Waals surface area contributed by atoms with Crippen molar-refractivity contribution in [3.8, 4) is 11.1 Å². The first-order chi connectivity index (χ1) is 12.8. The highest BCUT2D eigenvalue weighted by Crippen LogP contribution is 2.25. The van der Waals surface area contributed by atoms with Gasteiger partial charge in [-0.05, 0) is 42.9 Å². The summed E-state index contributed by atoms with van der Waals surface area (Å²) in [5.74, 6) is -1.08. The lowest BCUT2D eigenvalue weighted by molar-refractivity contribution is -0.132. The van der Waals surface area contributed by atoms with Crippen LogP contribution in [0.25, 0.3) is 11.1 Å². The molecule has 2 aromatic carbocycles. The minimum atomic E-state index is -3.71. The highest BCUT2D eigenvalue weighted by atomic mass is 32.2. The molecule has 0 atom stereocenters. The lowest BCUT2D eigenvalue weighted by atomic mass is 10.0. The van der Waals surface area contributed by atoms with Crippen molar-refractivity contribution in [2.24, 2.45) is 0 Å². The SMILES string of the molecule is CN(C)Cc1ccc(-c2ccc(S(=O)(=O)N3CC=C(C(=O)O)C3)cc2)cc1. The summed E-state index contributed by atoms with van der Waals surface area (Å²) in [6.07, 6.45) is 1.43. The molecule has 27 heavy (non-hydrogen) atoms. The number of hydrogen-bond donors (Lipinski definition) is 1. The molecule has 1 aliphatic rings. The zero-order valence-corrected chi connectivity index (χ0v) is 16.1. The molecule has 2 aromatic rings. The van der Waals surface area contributed by atoms with Gasteiger partial charge in [0, 0.05) is 25.2 Å². The third kappa shape index (κ3) is 4.27. The van der Waals surface area contributed by atoms with Crippen LogP contribution in [0.5, 0.6) is 0 Å². The molecule has 0 amide bonds. The van der Waals surface area contributed by atoms with Crippen LogP contribution >= 0.6 is 0 Å². The summed E-state index contributed by atoms with van der Waals surface area (Å²) in [5.41, 5.74) is 3.25. The third-order valence-electron chi connectivity index (χ3n) is 4.44. The Morgan fingerprint density at radius 2 is 1.59 bits per heavy atom. The number of aliphatic carboxylic acids is 1. The van der Waals surface area contributed by atoms with Crippen molar-refractivity contribution in [2.45, 2.75) is 11.4 Å². The highest BCUT2D eigenvalue weighted by Gasteiger charge is 2.30. The second-order valence-corrected chi connectivity index (χ2v) is 8.73. The standard InChI is InChI=1S/C20H22N2O4S/c1-21(2)13-15-3-5-16(6-4-15)17-7-9-19(10-8-17)27(25,26)22-12-11-18(14-22)20(23)24/h3-11H,12-14H2,1-2H3,(H,23,24). The van der Waals surface area contributed by atoms with E-state index in [-0.39, 0.29) is 23.6 Å². The maximum atomic E-state index is 12.7. The number of sulfonamides is 1. The van der Waals surface area contributed by atoms with E-state index in [0.29, 0.717) is 0 Å². The Morgan fingerprint density at radius 1 is 1.04 bits per heavy atom. The van der Waals surface area contributed by atoms with Gasteiger partial charge in [0.1, 0.15) is 0 Å². The van der Waals surface area contributed by atoms with Gasteiger partial charge in [-0.1, -0.05) is 42.5 Å². The van der Waals surface area contributed by atoms with E-state index in [1.807, 2.05) is 26.2 Å². The minimum absolute atomic E-state index is 0.0824. The average molecular weight is 386 g/mol. The Morgan fingerprint density at radius 3 is 2.07 bits per heavy atom. The van der Waals surface area contributed by atoms with Gasteiger partial charge in [-0.3, -0.25) is 0 Å². The summed E-state index contributed by atoms with van der Waals surface area (Å²) in [7, 11) is 0.321. The Kier molecular flexibility index (Phi) is 5.46. The van der Waals surface area contributed by atoms with Crippen LogP contribution in [0.4, 0.5) is 0 Å². The van der Waals surface area contributed by atoms with Gasteiger partial charge in [0.15, 0.2) is 0 Å². The molecule has 0 fully saturated rings. The number of rotatable bonds is 6. The van der Waals surface area contributed by atoms with Gasteiger partial charge in [0.05, 0.1) is 4.90 Å². The van der Waals surface area contributed by atoms with Crippen LogP contribution in [0.15, 0.2) is 65.1 Å². The number of carbonyl (C=O) groups is 1. The second-order valence-electron chi connectivity index (χ2n) is 6.79. The van der Waals surface area contributed by atoms with Gasteiger partial charge in [-0.2, -0.15) is 4.31 Å². The molecule has 0 spiro atoms. The van der Waals surface area contributed by atoms with Crippen molar-refractivity contribution in [1.82, 2.24) is 9.21 Å². The fourth-order valence-electron chi connectivity index (χ4n) is 3.01. The summed E-state index contributed by atoms with van der Waals surface area (Å²) in [4.78, 5) is 13.3. The van der Waals surface area contributed by atoms with Crippen molar-refractivity contribution in [3.05, 3.63) is 65.7 Å². The normalized spacial score (nSPS) is 15.1. The number of carboxylic acid groups (broad SMARTS) is 1. The van der Waals surface area contributed by atoms with E-state index in [4.69, 9.17) is 5.11 Å². The Balaban J connectivity index is 1.76. The molecule has 6 nitrogen and oxygen atoms in total. The molecule has 1 aliphatic heterocycles. The summed E-state index contributed by atoms with van der Waals surface area (Å²) in [5, 5.41) is 9.00. The van der Waals surface area contributed by atoms with Crippen LogP contribution in [0.1, 0.15) is 5.56 Å². The number of benzene rings is 2. The van der Waals surface area contributed by atoms with E-state index < -0.39 is 16.0 Å². The Bertz CT molecular complexity index is 962. The predicted molar refractivity (Wildman–Crippen MR) is 104 cm³/mol. The maximum Gasteiger partial charge on any atom is 0.332 e. The van der Waals surface area contributed by atoms with Crippen LogP contribution in [-0.4, -0.2) is 55.9 Å². The minimum Gasteiger partial charge on any atom is -0.478 e. The van der Waals surface area contributed by atoms with Gasteiger partial charge in [-0.15, -0.1) is 0 Å². The van der Waals surface area contributed by atoms with Crippen LogP contribution in [-0.2, 0) is 21.4 Å². The molecule has 142 valence electrons. The molecule has 0 saturated heterocycles. The Hall–Kier alpha value is -2.48. The monoisotopic (exact) mass is 386 g/mol. The smallest absolute Gasteiger partial charge is 0.332 e. The van der Waals surface area contributed by atoms with E-state index in [0.717, 1.165) is 17.7 Å². The lowest BCUT2D eigenvalue weighted by Gasteiger charge is -2.16. The predicted octanol–water partition coefficient (Wildman–Crippen LogP) is 2.43. The molecule has 1 N–H and O–H groups in total. The molecule has 3 rings (SSSR count). The highest BCUT2D eigenvalue weighted by molar-refractivity contribution is 7.89. The fraction of sp³-hybridized carbons (Fsp3) is 0.250. The molecule has 0 aromatic heterocycles. The first kappa shape index (κ1) is 19.3. The van der Waals surface area contributed by atoms with Crippen molar-refractivity contribution >= 4 is 16.0 Å². The maximum absolute atomic E-state index is 12.7. The number of nitrogens with zero attached hydrogens (tertiary/aromatic N) is 2. The quantitative estimate of drug-likeness (QED) is 0.825. The summed E-state index contributed by atoms with van der Waals surface area (Å²) in [6, 6.07) is 14.8. The van der Waals surface area contributed by atoms with E-state index in [1.54, 1.807) is 24.3 Å². The molecule has 0 saturated carbocycles. The van der Waals surface area contributed by atoms with Crippen molar-refractivity contribution in [3.63, 3.8) is 0 Å². The van der Waals surface area contributed by atoms with Crippen molar-refractivity contribution < 1.29 is 18.3 Å². The molecule has 0 bridgehead atoms. The van der Waals surface area contributed by atoms with Gasteiger partial charge in [-0.25, -0.2) is 13.2 Å². The zero-order chi connectivity index (χ0) is 19.6. The summed E-state index contributed by atoms with van der Waals surface area (Å²) in [6.45, 7) is 0.839. The average Bonchev–Trinajstić information content (AvgIpc) is 3.13. The van der Waals surface area contributed by atoms with E-state index in [9.17, 15) is 13.2 Å². The number of carboxylic acids is 1. The lowest BCUT2D eigenvalue weighted by Crippen LogP contribution is -2.29. The van der Waals surface area contributed by atoms with Gasteiger partial charge >= 0.3 is 5.97 Å². The van der Waals surface area contributed by atoms with E-state index in [1.165, 1.54) is 15.9 Å². The van der Waals surface area contributed by atoms with Crippen molar-refractivity contribution in [2.75, 3.05) is 27.2 Å². The molecule has 7 heteroatoms. The van der Waals surface area contributed by atoms with Crippen molar-refractivity contribution in [1.29, 1.82) is 0 Å². The second kappa shape index (κ2) is 7.64. The van der Waals surface area contributed by atoms with Gasteiger partial charge < -0.3 is 10.0 Å². The molecule has 0 radical (unpaired) electrons. The Labute approximate surface area is 159 Å². The van der Waals surface area contributed by atoms with Crippen LogP contribution in [0.3, 0.4) is 0 Å². The first-order valence-corrected chi connectivity index (χ1v) is 9.98. The topological polar surface area (TPSA) is 77.9 Å². The molecule has 1 heterocycles. The van der Waals surface area contributed by atoms with Crippen LogP contribution in [0, 0.1) is 0 Å². The number of hydrogen-bond acceptors (Lipinski definition) is 4. The molecule has 0 unspecified atom stereocenters. The molecular formula is C20H22N2O4S. The summed E-state index contributed by atoms with van der Waals surface area (Å²) >= 11 is 0.